The van der Waals surface area contributed by atoms with E-state index in [1.165, 1.54) is 6.42 Å². The molecule has 1 aromatic rings. The smallest absolute Gasteiger partial charge is 0.310 e. The molecule has 3 rings (SSSR count). The number of guanidine groups is 1. The predicted molar refractivity (Wildman–Crippen MR) is 123 cm³/mol. The lowest BCUT2D eigenvalue weighted by molar-refractivity contribution is -0.149. The number of esters is 1. The van der Waals surface area contributed by atoms with Crippen LogP contribution in [0, 0.1) is 5.92 Å². The molecule has 8 heteroatoms. The molecule has 7 nitrogen and oxygen atoms in total. The summed E-state index contributed by atoms with van der Waals surface area (Å²) >= 11 is 0. The van der Waals surface area contributed by atoms with Crippen molar-refractivity contribution >= 4 is 35.9 Å². The standard InChI is InChI=1S/C21H33N3O4.HI/c1-2-26-20(25)17-7-5-12-24(16-17)21(22-11-10-18-9-6-14-27-18)23-15-19-8-3-4-13-28-19;/h6,9,14,17,19H,2-5,7-8,10-13,15-16H2,1H3,(H,22,23);1H. The second-order valence-corrected chi connectivity index (χ2v) is 7.45. The number of hydrogen-bond acceptors (Lipinski definition) is 5. The van der Waals surface area contributed by atoms with Gasteiger partial charge in [0.25, 0.3) is 0 Å². The van der Waals surface area contributed by atoms with Crippen LogP contribution in [0.15, 0.2) is 27.8 Å². The first-order valence-corrected chi connectivity index (χ1v) is 10.6. The topological polar surface area (TPSA) is 76.3 Å². The average molecular weight is 519 g/mol. The number of aliphatic imine (C=N–C) groups is 1. The fourth-order valence-electron chi connectivity index (χ4n) is 3.78. The van der Waals surface area contributed by atoms with E-state index in [1.54, 1.807) is 6.26 Å². The van der Waals surface area contributed by atoms with Crippen LogP contribution in [0.1, 0.15) is 44.8 Å². The Balaban J connectivity index is 0.00000300. The molecule has 0 radical (unpaired) electrons. The monoisotopic (exact) mass is 519 g/mol. The van der Waals surface area contributed by atoms with Crippen molar-refractivity contribution in [2.24, 2.45) is 10.9 Å². The van der Waals surface area contributed by atoms with Gasteiger partial charge in [0.15, 0.2) is 5.96 Å². The summed E-state index contributed by atoms with van der Waals surface area (Å²) in [6.07, 6.45) is 7.93. The number of halogens is 1. The van der Waals surface area contributed by atoms with Crippen LogP contribution < -0.4 is 5.32 Å². The third-order valence-electron chi connectivity index (χ3n) is 5.29. The Labute approximate surface area is 190 Å². The van der Waals surface area contributed by atoms with Gasteiger partial charge in [-0.05, 0) is 51.2 Å². The van der Waals surface area contributed by atoms with Crippen molar-refractivity contribution < 1.29 is 18.7 Å². The molecular weight excluding hydrogens is 485 g/mol. The molecule has 2 fully saturated rings. The summed E-state index contributed by atoms with van der Waals surface area (Å²) in [5.74, 6) is 1.62. The molecule has 1 N–H and O–H groups in total. The van der Waals surface area contributed by atoms with Crippen molar-refractivity contribution in [3.63, 3.8) is 0 Å². The van der Waals surface area contributed by atoms with Gasteiger partial charge in [0.2, 0.25) is 0 Å². The maximum absolute atomic E-state index is 12.2. The molecule has 164 valence electrons. The zero-order valence-electron chi connectivity index (χ0n) is 17.3. The lowest BCUT2D eigenvalue weighted by atomic mass is 9.98. The highest BCUT2D eigenvalue weighted by atomic mass is 127. The minimum absolute atomic E-state index is 0. The molecule has 2 atom stereocenters. The van der Waals surface area contributed by atoms with E-state index in [1.807, 2.05) is 19.1 Å². The van der Waals surface area contributed by atoms with Gasteiger partial charge in [0.05, 0.1) is 31.4 Å². The quantitative estimate of drug-likeness (QED) is 0.258. The average Bonchev–Trinajstić information content (AvgIpc) is 3.25. The van der Waals surface area contributed by atoms with Crippen LogP contribution in [0.25, 0.3) is 0 Å². The van der Waals surface area contributed by atoms with E-state index in [4.69, 9.17) is 18.9 Å². The number of carbonyl (C=O) groups excluding carboxylic acids is 1. The number of carbonyl (C=O) groups is 1. The molecule has 0 aliphatic carbocycles. The van der Waals surface area contributed by atoms with Gasteiger partial charge in [-0.3, -0.25) is 9.79 Å². The van der Waals surface area contributed by atoms with E-state index in [9.17, 15) is 4.79 Å². The molecule has 0 aromatic carbocycles. The number of nitrogens with one attached hydrogen (secondary N) is 1. The van der Waals surface area contributed by atoms with Crippen LogP contribution in [0.4, 0.5) is 0 Å². The highest BCUT2D eigenvalue weighted by molar-refractivity contribution is 14.0. The van der Waals surface area contributed by atoms with E-state index in [-0.39, 0.29) is 42.0 Å². The largest absolute Gasteiger partial charge is 0.469 e. The van der Waals surface area contributed by atoms with E-state index < -0.39 is 0 Å². The maximum atomic E-state index is 12.2. The summed E-state index contributed by atoms with van der Waals surface area (Å²) in [7, 11) is 0. The molecule has 0 spiro atoms. The summed E-state index contributed by atoms with van der Waals surface area (Å²) in [6.45, 7) is 6.05. The Hall–Kier alpha value is -1.29. The summed E-state index contributed by atoms with van der Waals surface area (Å²) < 4.78 is 16.5. The maximum Gasteiger partial charge on any atom is 0.310 e. The third-order valence-corrected chi connectivity index (χ3v) is 5.29. The molecular formula is C21H34IN3O4. The van der Waals surface area contributed by atoms with Crippen molar-refractivity contribution in [2.45, 2.75) is 51.6 Å². The van der Waals surface area contributed by atoms with Crippen molar-refractivity contribution in [3.8, 4) is 0 Å². The van der Waals surface area contributed by atoms with Gasteiger partial charge < -0.3 is 24.1 Å². The first-order chi connectivity index (χ1) is 13.8. The Bertz CT molecular complexity index is 617. The molecule has 2 saturated heterocycles. The SMILES string of the molecule is CCOC(=O)C1CCCN(C(=NCC2CCCCO2)NCCc2ccco2)C1.I. The molecule has 2 aliphatic heterocycles. The fraction of sp³-hybridized carbons (Fsp3) is 0.714. The molecule has 1 aromatic heterocycles. The second-order valence-electron chi connectivity index (χ2n) is 7.45. The van der Waals surface area contributed by atoms with Crippen molar-refractivity contribution in [1.29, 1.82) is 0 Å². The Morgan fingerprint density at radius 3 is 2.97 bits per heavy atom. The van der Waals surface area contributed by atoms with Crippen LogP contribution in [-0.4, -0.2) is 62.3 Å². The van der Waals surface area contributed by atoms with Gasteiger partial charge >= 0.3 is 5.97 Å². The number of furan rings is 1. The van der Waals surface area contributed by atoms with Crippen LogP contribution in [0.3, 0.4) is 0 Å². The minimum Gasteiger partial charge on any atom is -0.469 e. The number of hydrogen-bond donors (Lipinski definition) is 1. The normalized spacial score (nSPS) is 22.7. The third kappa shape index (κ3) is 7.81. The summed E-state index contributed by atoms with van der Waals surface area (Å²) in [5, 5.41) is 3.47. The van der Waals surface area contributed by atoms with Crippen LogP contribution in [0.5, 0.6) is 0 Å². The van der Waals surface area contributed by atoms with E-state index in [2.05, 4.69) is 10.2 Å². The lowest BCUT2D eigenvalue weighted by Crippen LogP contribution is -2.49. The molecule has 0 saturated carbocycles. The van der Waals surface area contributed by atoms with Crippen molar-refractivity contribution in [2.75, 3.05) is 39.4 Å². The summed E-state index contributed by atoms with van der Waals surface area (Å²) in [6, 6.07) is 3.88. The zero-order valence-corrected chi connectivity index (χ0v) is 19.6. The molecule has 2 unspecified atom stereocenters. The molecule has 29 heavy (non-hydrogen) atoms. The fourth-order valence-corrected chi connectivity index (χ4v) is 3.78. The number of piperidine rings is 1. The van der Waals surface area contributed by atoms with Gasteiger partial charge in [0, 0.05) is 32.7 Å². The minimum atomic E-state index is -0.0993. The van der Waals surface area contributed by atoms with Gasteiger partial charge in [-0.2, -0.15) is 0 Å². The number of nitrogens with zero attached hydrogens (tertiary/aromatic N) is 2. The van der Waals surface area contributed by atoms with Crippen LogP contribution in [0.2, 0.25) is 0 Å². The molecule has 3 heterocycles. The number of likely N-dealkylation sites (tertiary alicyclic amines) is 1. The first-order valence-electron chi connectivity index (χ1n) is 10.6. The van der Waals surface area contributed by atoms with E-state index in [0.717, 1.165) is 63.5 Å². The highest BCUT2D eigenvalue weighted by Gasteiger charge is 2.28. The van der Waals surface area contributed by atoms with Crippen molar-refractivity contribution in [1.82, 2.24) is 10.2 Å². The summed E-state index contributed by atoms with van der Waals surface area (Å²) in [4.78, 5) is 19.2. The zero-order chi connectivity index (χ0) is 19.6. The van der Waals surface area contributed by atoms with Gasteiger partial charge in [0.1, 0.15) is 5.76 Å². The molecule has 0 amide bonds. The Morgan fingerprint density at radius 2 is 2.24 bits per heavy atom. The van der Waals surface area contributed by atoms with Gasteiger partial charge in [-0.1, -0.05) is 0 Å². The molecule has 0 bridgehead atoms. The lowest BCUT2D eigenvalue weighted by Gasteiger charge is -2.34. The number of rotatable bonds is 7. The van der Waals surface area contributed by atoms with Crippen molar-refractivity contribution in [3.05, 3.63) is 24.2 Å². The Morgan fingerprint density at radius 1 is 1.34 bits per heavy atom. The van der Waals surface area contributed by atoms with E-state index >= 15 is 0 Å². The predicted octanol–water partition coefficient (Wildman–Crippen LogP) is 3.23. The second kappa shape index (κ2) is 13.1. The Kier molecular flexibility index (Phi) is 10.8. The van der Waals surface area contributed by atoms with Crippen LogP contribution >= 0.6 is 24.0 Å². The molecule has 2 aliphatic rings. The van der Waals surface area contributed by atoms with E-state index in [0.29, 0.717) is 19.7 Å². The highest BCUT2D eigenvalue weighted by Crippen LogP contribution is 2.19. The summed E-state index contributed by atoms with van der Waals surface area (Å²) in [5.41, 5.74) is 0. The van der Waals surface area contributed by atoms with Gasteiger partial charge in [-0.15, -0.1) is 24.0 Å². The first kappa shape index (κ1) is 24.0. The van der Waals surface area contributed by atoms with Crippen LogP contribution in [-0.2, 0) is 20.7 Å². The number of ether oxygens (including phenoxy) is 2. The van der Waals surface area contributed by atoms with Gasteiger partial charge in [-0.25, -0.2) is 0 Å².